The second-order valence-electron chi connectivity index (χ2n) is 8.29. The summed E-state index contributed by atoms with van der Waals surface area (Å²) in [6.07, 6.45) is 3.35. The zero-order valence-electron chi connectivity index (χ0n) is 18.9. The van der Waals surface area contributed by atoms with Crippen LogP contribution in [0.4, 0.5) is 4.39 Å². The predicted molar refractivity (Wildman–Crippen MR) is 132 cm³/mol. The van der Waals surface area contributed by atoms with Crippen molar-refractivity contribution in [1.82, 2.24) is 19.9 Å². The van der Waals surface area contributed by atoms with E-state index in [1.165, 1.54) is 23.9 Å². The van der Waals surface area contributed by atoms with E-state index in [0.717, 1.165) is 11.1 Å². The summed E-state index contributed by atoms with van der Waals surface area (Å²) in [4.78, 5) is 34.8. The maximum absolute atomic E-state index is 13.3. The van der Waals surface area contributed by atoms with Crippen LogP contribution >= 0.6 is 11.8 Å². The maximum atomic E-state index is 13.3. The number of amides is 1. The number of hydrogen-bond donors (Lipinski definition) is 1. The van der Waals surface area contributed by atoms with Crippen molar-refractivity contribution in [1.29, 1.82) is 0 Å². The van der Waals surface area contributed by atoms with Crippen molar-refractivity contribution in [3.63, 3.8) is 0 Å². The molecule has 0 saturated carbocycles. The van der Waals surface area contributed by atoms with Crippen molar-refractivity contribution < 1.29 is 9.18 Å². The van der Waals surface area contributed by atoms with Gasteiger partial charge < -0.3 is 5.32 Å². The van der Waals surface area contributed by atoms with Crippen LogP contribution in [0.1, 0.15) is 31.0 Å². The second kappa shape index (κ2) is 10.6. The molecule has 0 bridgehead atoms. The first-order valence-electron chi connectivity index (χ1n) is 11.0. The third kappa shape index (κ3) is 5.51. The van der Waals surface area contributed by atoms with Crippen molar-refractivity contribution in [3.8, 4) is 0 Å². The number of carbonyl (C=O) groups is 1. The van der Waals surface area contributed by atoms with E-state index < -0.39 is 0 Å². The maximum Gasteiger partial charge on any atom is 0.262 e. The van der Waals surface area contributed by atoms with Gasteiger partial charge in [-0.05, 0) is 53.4 Å². The molecule has 0 unspecified atom stereocenters. The van der Waals surface area contributed by atoms with E-state index >= 15 is 0 Å². The lowest BCUT2D eigenvalue weighted by Gasteiger charge is -2.23. The molecule has 6 nitrogen and oxygen atoms in total. The number of halogens is 1. The lowest BCUT2D eigenvalue weighted by atomic mass is 9.96. The Morgan fingerprint density at radius 2 is 1.76 bits per heavy atom. The van der Waals surface area contributed by atoms with Gasteiger partial charge in [0.1, 0.15) is 5.82 Å². The van der Waals surface area contributed by atoms with Crippen molar-refractivity contribution in [2.45, 2.75) is 31.6 Å². The number of benzene rings is 2. The molecule has 1 N–H and O–H groups in total. The molecule has 34 heavy (non-hydrogen) atoms. The molecule has 2 heterocycles. The van der Waals surface area contributed by atoms with E-state index in [0.29, 0.717) is 22.6 Å². The summed E-state index contributed by atoms with van der Waals surface area (Å²) >= 11 is 1.22. The third-order valence-corrected chi connectivity index (χ3v) is 6.44. The molecular weight excluding hydrogens is 451 g/mol. The normalized spacial score (nSPS) is 12.1. The highest BCUT2D eigenvalue weighted by Gasteiger charge is 2.20. The molecule has 1 amide bonds. The van der Waals surface area contributed by atoms with E-state index in [2.05, 4.69) is 15.3 Å². The Morgan fingerprint density at radius 1 is 1.06 bits per heavy atom. The number of aromatic nitrogens is 3. The van der Waals surface area contributed by atoms with Crippen molar-refractivity contribution in [2.24, 2.45) is 5.92 Å². The second-order valence-corrected chi connectivity index (χ2v) is 9.23. The zero-order valence-corrected chi connectivity index (χ0v) is 19.8. The van der Waals surface area contributed by atoms with Crippen molar-refractivity contribution >= 4 is 28.6 Å². The minimum atomic E-state index is -0.317. The van der Waals surface area contributed by atoms with E-state index in [1.54, 1.807) is 41.2 Å². The van der Waals surface area contributed by atoms with Gasteiger partial charge in [-0.2, -0.15) is 0 Å². The van der Waals surface area contributed by atoms with E-state index in [-0.39, 0.29) is 35.0 Å². The molecule has 0 saturated heterocycles. The fourth-order valence-corrected chi connectivity index (χ4v) is 4.53. The number of para-hydroxylation sites is 1. The summed E-state index contributed by atoms with van der Waals surface area (Å²) in [5, 5.41) is 4.04. The van der Waals surface area contributed by atoms with Gasteiger partial charge in [-0.1, -0.05) is 49.9 Å². The molecule has 0 fully saturated rings. The highest BCUT2D eigenvalue weighted by Crippen LogP contribution is 2.23. The van der Waals surface area contributed by atoms with E-state index in [9.17, 15) is 14.0 Å². The van der Waals surface area contributed by atoms with Crippen LogP contribution in [-0.4, -0.2) is 26.2 Å². The first kappa shape index (κ1) is 23.6. The number of thioether (sulfide) groups is 1. The molecule has 2 aromatic carbocycles. The van der Waals surface area contributed by atoms with Gasteiger partial charge in [0.25, 0.3) is 5.56 Å². The molecule has 0 radical (unpaired) electrons. The first-order valence-corrected chi connectivity index (χ1v) is 12.0. The van der Waals surface area contributed by atoms with Crippen molar-refractivity contribution in [3.05, 3.63) is 100 Å². The molecular formula is C26H25FN4O2S. The Bertz CT molecular complexity index is 1340. The van der Waals surface area contributed by atoms with Crippen LogP contribution in [0.15, 0.2) is 83.0 Å². The van der Waals surface area contributed by atoms with Crippen LogP contribution in [-0.2, 0) is 11.3 Å². The van der Waals surface area contributed by atoms with Gasteiger partial charge in [-0.25, -0.2) is 9.37 Å². The number of pyridine rings is 1. The fourth-order valence-electron chi connectivity index (χ4n) is 3.72. The van der Waals surface area contributed by atoms with E-state index in [1.807, 2.05) is 38.1 Å². The molecule has 4 aromatic rings. The molecule has 0 aliphatic heterocycles. The Morgan fingerprint density at radius 3 is 2.47 bits per heavy atom. The molecule has 8 heteroatoms. The van der Waals surface area contributed by atoms with Gasteiger partial charge in [0.15, 0.2) is 5.16 Å². The topological polar surface area (TPSA) is 76.9 Å². The zero-order chi connectivity index (χ0) is 24.1. The van der Waals surface area contributed by atoms with Gasteiger partial charge in [0.05, 0.1) is 29.2 Å². The van der Waals surface area contributed by atoms with Crippen LogP contribution in [0.3, 0.4) is 0 Å². The van der Waals surface area contributed by atoms with Crippen LogP contribution in [0, 0.1) is 11.7 Å². The molecule has 0 aliphatic rings. The lowest BCUT2D eigenvalue weighted by Crippen LogP contribution is -2.33. The van der Waals surface area contributed by atoms with Crippen LogP contribution in [0.5, 0.6) is 0 Å². The number of nitrogens with one attached hydrogen (secondary N) is 1. The Labute approximate surface area is 201 Å². The number of hydrogen-bond acceptors (Lipinski definition) is 5. The summed E-state index contributed by atoms with van der Waals surface area (Å²) in [7, 11) is 0. The van der Waals surface area contributed by atoms with Gasteiger partial charge in [-0.3, -0.25) is 19.1 Å². The monoisotopic (exact) mass is 476 g/mol. The molecule has 174 valence electrons. The highest BCUT2D eigenvalue weighted by molar-refractivity contribution is 7.99. The lowest BCUT2D eigenvalue weighted by molar-refractivity contribution is -0.119. The average molecular weight is 477 g/mol. The van der Waals surface area contributed by atoms with Gasteiger partial charge >= 0.3 is 0 Å². The van der Waals surface area contributed by atoms with Crippen LogP contribution in [0.25, 0.3) is 10.9 Å². The standard InChI is InChI=1S/C26H25FN4O2S/c1-17(2)24(19-7-9-20(27)10-8-19)30-23(32)16-34-26-29-22-6-4-3-5-21(22)25(33)31(26)15-18-11-13-28-14-12-18/h3-14,17,24H,15-16H2,1-2H3,(H,30,32)/t24-/m1/s1. The summed E-state index contributed by atoms with van der Waals surface area (Å²) in [5.41, 5.74) is 2.19. The predicted octanol–water partition coefficient (Wildman–Crippen LogP) is 4.58. The first-order chi connectivity index (χ1) is 16.4. The van der Waals surface area contributed by atoms with E-state index in [4.69, 9.17) is 0 Å². The molecule has 2 aromatic heterocycles. The number of carbonyl (C=O) groups excluding carboxylic acids is 1. The fraction of sp³-hybridized carbons (Fsp3) is 0.231. The number of fused-ring (bicyclic) bond motifs is 1. The third-order valence-electron chi connectivity index (χ3n) is 5.46. The molecule has 0 aliphatic carbocycles. The Kier molecular flexibility index (Phi) is 7.37. The SMILES string of the molecule is CC(C)[C@@H](NC(=O)CSc1nc2ccccc2c(=O)n1Cc1ccncc1)c1ccc(F)cc1. The van der Waals surface area contributed by atoms with Crippen LogP contribution < -0.4 is 10.9 Å². The van der Waals surface area contributed by atoms with Crippen LogP contribution in [0.2, 0.25) is 0 Å². The average Bonchev–Trinajstić information content (AvgIpc) is 2.84. The Balaban J connectivity index is 1.57. The summed E-state index contributed by atoms with van der Waals surface area (Å²) in [5.74, 6) is -0.303. The Hall–Kier alpha value is -3.52. The summed E-state index contributed by atoms with van der Waals surface area (Å²) in [6, 6.07) is 16.8. The highest BCUT2D eigenvalue weighted by atomic mass is 32.2. The van der Waals surface area contributed by atoms with Gasteiger partial charge in [0, 0.05) is 12.4 Å². The molecule has 0 spiro atoms. The largest absolute Gasteiger partial charge is 0.348 e. The smallest absolute Gasteiger partial charge is 0.262 e. The minimum absolute atomic E-state index is 0.0888. The molecule has 4 rings (SSSR count). The quantitative estimate of drug-likeness (QED) is 0.297. The van der Waals surface area contributed by atoms with Crippen molar-refractivity contribution in [2.75, 3.05) is 5.75 Å². The summed E-state index contributed by atoms with van der Waals surface area (Å²) in [6.45, 7) is 4.32. The van der Waals surface area contributed by atoms with Gasteiger partial charge in [-0.15, -0.1) is 0 Å². The minimum Gasteiger partial charge on any atom is -0.348 e. The number of rotatable bonds is 8. The van der Waals surface area contributed by atoms with Gasteiger partial charge in [0.2, 0.25) is 5.91 Å². The molecule has 1 atom stereocenters. The summed E-state index contributed by atoms with van der Waals surface area (Å²) < 4.78 is 14.9. The number of nitrogens with zero attached hydrogens (tertiary/aromatic N) is 3.